The largest absolute Gasteiger partial charge is 0.354 e. The molecule has 3 aromatic rings. The van der Waals surface area contributed by atoms with Gasteiger partial charge in [-0.15, -0.1) is 0 Å². The molecule has 0 saturated carbocycles. The molecule has 1 aromatic carbocycles. The Labute approximate surface area is 183 Å². The zero-order chi connectivity index (χ0) is 22.0. The van der Waals surface area contributed by atoms with Crippen LogP contribution >= 0.6 is 0 Å². The van der Waals surface area contributed by atoms with Gasteiger partial charge in [0.1, 0.15) is 11.6 Å². The summed E-state index contributed by atoms with van der Waals surface area (Å²) >= 11 is 0. The molecule has 1 saturated heterocycles. The minimum atomic E-state index is 0.0242. The molecule has 0 spiro atoms. The van der Waals surface area contributed by atoms with Gasteiger partial charge in [-0.05, 0) is 45.7 Å². The Morgan fingerprint density at radius 3 is 2.55 bits per heavy atom. The molecule has 0 unspecified atom stereocenters. The number of aryl methyl sites for hydroxylation is 3. The topological polar surface area (TPSA) is 79.2 Å². The smallest absolute Gasteiger partial charge is 0.317 e. The molecule has 1 N–H and O–H groups in total. The summed E-state index contributed by atoms with van der Waals surface area (Å²) in [6.07, 6.45) is 1.84. The molecule has 164 valence electrons. The van der Waals surface area contributed by atoms with Crippen LogP contribution in [0.1, 0.15) is 36.8 Å². The van der Waals surface area contributed by atoms with Crippen LogP contribution in [0, 0.1) is 20.8 Å². The molecular formula is C23H31N7O. The normalized spacial score (nSPS) is 14.7. The van der Waals surface area contributed by atoms with Gasteiger partial charge in [-0.1, -0.05) is 24.6 Å². The first-order valence-corrected chi connectivity index (χ1v) is 11.1. The van der Waals surface area contributed by atoms with Gasteiger partial charge in [0.2, 0.25) is 0 Å². The fourth-order valence-electron chi connectivity index (χ4n) is 4.04. The predicted molar refractivity (Wildman–Crippen MR) is 123 cm³/mol. The van der Waals surface area contributed by atoms with Crippen molar-refractivity contribution in [3.63, 3.8) is 0 Å². The molecular weight excluding hydrogens is 390 g/mol. The molecule has 0 aliphatic carbocycles. The minimum Gasteiger partial charge on any atom is -0.354 e. The Balaban J connectivity index is 1.67. The zero-order valence-electron chi connectivity index (χ0n) is 18.9. The monoisotopic (exact) mass is 421 g/mol. The number of nitrogens with one attached hydrogen (secondary N) is 1. The van der Waals surface area contributed by atoms with Crippen molar-refractivity contribution in [3.8, 4) is 5.69 Å². The van der Waals surface area contributed by atoms with Crippen LogP contribution in [0.5, 0.6) is 0 Å². The lowest BCUT2D eigenvalue weighted by atomic mass is 10.2. The van der Waals surface area contributed by atoms with Crippen molar-refractivity contribution in [2.24, 2.45) is 0 Å². The second-order valence-electron chi connectivity index (χ2n) is 8.19. The summed E-state index contributed by atoms with van der Waals surface area (Å²) in [6.45, 7) is 11.8. The fourth-order valence-corrected chi connectivity index (χ4v) is 4.04. The summed E-state index contributed by atoms with van der Waals surface area (Å²) in [5.74, 6) is 1.63. The molecule has 2 aromatic heterocycles. The van der Waals surface area contributed by atoms with Gasteiger partial charge in [0.15, 0.2) is 5.65 Å². The molecule has 0 atom stereocenters. The van der Waals surface area contributed by atoms with Crippen LogP contribution in [0.4, 0.5) is 10.6 Å². The van der Waals surface area contributed by atoms with Gasteiger partial charge >= 0.3 is 6.03 Å². The molecule has 3 heterocycles. The number of carbonyl (C=O) groups is 1. The van der Waals surface area contributed by atoms with Crippen LogP contribution in [0.2, 0.25) is 0 Å². The second-order valence-corrected chi connectivity index (χ2v) is 8.19. The van der Waals surface area contributed by atoms with Crippen molar-refractivity contribution in [2.45, 2.75) is 40.5 Å². The molecule has 8 heteroatoms. The SMILES string of the molecule is CCCNC(=O)N1CCCN(c2nc(C)nc3c2c(C)nn3-c2ccc(C)cc2)CC1. The lowest BCUT2D eigenvalue weighted by Crippen LogP contribution is -2.42. The van der Waals surface area contributed by atoms with E-state index in [2.05, 4.69) is 48.3 Å². The maximum atomic E-state index is 12.4. The van der Waals surface area contributed by atoms with Gasteiger partial charge in [0.05, 0.1) is 16.8 Å². The maximum absolute atomic E-state index is 12.4. The van der Waals surface area contributed by atoms with Gasteiger partial charge in [0, 0.05) is 32.7 Å². The van der Waals surface area contributed by atoms with Crippen LogP contribution in [0.15, 0.2) is 24.3 Å². The first-order chi connectivity index (χ1) is 15.0. The number of urea groups is 1. The van der Waals surface area contributed by atoms with Gasteiger partial charge in [0.25, 0.3) is 0 Å². The maximum Gasteiger partial charge on any atom is 0.317 e. The Morgan fingerprint density at radius 1 is 1.03 bits per heavy atom. The number of amides is 2. The third-order valence-corrected chi connectivity index (χ3v) is 5.68. The van der Waals surface area contributed by atoms with E-state index < -0.39 is 0 Å². The van der Waals surface area contributed by atoms with Crippen LogP contribution in [-0.4, -0.2) is 63.4 Å². The lowest BCUT2D eigenvalue weighted by Gasteiger charge is -2.24. The van der Waals surface area contributed by atoms with E-state index in [-0.39, 0.29) is 6.03 Å². The van der Waals surface area contributed by atoms with E-state index in [0.717, 1.165) is 66.5 Å². The van der Waals surface area contributed by atoms with E-state index in [1.165, 1.54) is 5.56 Å². The molecule has 31 heavy (non-hydrogen) atoms. The molecule has 0 radical (unpaired) electrons. The van der Waals surface area contributed by atoms with Crippen molar-refractivity contribution in [1.29, 1.82) is 0 Å². The number of aromatic nitrogens is 4. The van der Waals surface area contributed by atoms with E-state index in [1.54, 1.807) is 0 Å². The Kier molecular flexibility index (Phi) is 6.06. The predicted octanol–water partition coefficient (Wildman–Crippen LogP) is 3.37. The van der Waals surface area contributed by atoms with Crippen molar-refractivity contribution in [3.05, 3.63) is 41.3 Å². The van der Waals surface area contributed by atoms with Crippen molar-refractivity contribution in [2.75, 3.05) is 37.6 Å². The van der Waals surface area contributed by atoms with Gasteiger partial charge in [-0.2, -0.15) is 5.10 Å². The van der Waals surface area contributed by atoms with Crippen LogP contribution in [0.25, 0.3) is 16.7 Å². The first kappa shape index (κ1) is 21.1. The number of nitrogens with zero attached hydrogens (tertiary/aromatic N) is 6. The average molecular weight is 422 g/mol. The highest BCUT2D eigenvalue weighted by Gasteiger charge is 2.24. The number of fused-ring (bicyclic) bond motifs is 1. The average Bonchev–Trinajstić information content (AvgIpc) is 2.93. The second kappa shape index (κ2) is 8.91. The molecule has 0 bridgehead atoms. The van der Waals surface area contributed by atoms with Crippen molar-refractivity contribution < 1.29 is 4.79 Å². The number of hydrogen-bond donors (Lipinski definition) is 1. The van der Waals surface area contributed by atoms with Crippen LogP contribution < -0.4 is 10.2 Å². The summed E-state index contributed by atoms with van der Waals surface area (Å²) in [6, 6.07) is 8.32. The molecule has 4 rings (SSSR count). The number of benzene rings is 1. The molecule has 1 aliphatic heterocycles. The number of carbonyl (C=O) groups excluding carboxylic acids is 1. The van der Waals surface area contributed by atoms with E-state index in [9.17, 15) is 4.79 Å². The zero-order valence-corrected chi connectivity index (χ0v) is 18.9. The van der Waals surface area contributed by atoms with Crippen molar-refractivity contribution >= 4 is 22.9 Å². The van der Waals surface area contributed by atoms with Gasteiger partial charge in [-0.25, -0.2) is 19.4 Å². The summed E-state index contributed by atoms with van der Waals surface area (Å²) in [5.41, 5.74) is 3.93. The third-order valence-electron chi connectivity index (χ3n) is 5.68. The minimum absolute atomic E-state index is 0.0242. The summed E-state index contributed by atoms with van der Waals surface area (Å²) < 4.78 is 1.91. The fraction of sp³-hybridized carbons (Fsp3) is 0.478. The quantitative estimate of drug-likeness (QED) is 0.699. The Morgan fingerprint density at radius 2 is 1.81 bits per heavy atom. The number of rotatable bonds is 4. The molecule has 1 aliphatic rings. The standard InChI is InChI=1S/C23H31N7O/c1-5-11-24-23(31)29-13-6-12-28(14-15-29)21-20-17(3)27-30(22(20)26-18(4)25-21)19-9-7-16(2)8-10-19/h7-10H,5-6,11-15H2,1-4H3,(H,24,31). The van der Waals surface area contributed by atoms with Gasteiger partial charge in [-0.3, -0.25) is 0 Å². The molecule has 8 nitrogen and oxygen atoms in total. The summed E-state index contributed by atoms with van der Waals surface area (Å²) in [4.78, 5) is 26.1. The van der Waals surface area contributed by atoms with Crippen molar-refractivity contribution in [1.82, 2.24) is 30.0 Å². The Hall–Kier alpha value is -3.16. The highest BCUT2D eigenvalue weighted by molar-refractivity contribution is 5.91. The van der Waals surface area contributed by atoms with E-state index >= 15 is 0 Å². The number of anilines is 1. The lowest BCUT2D eigenvalue weighted by molar-refractivity contribution is 0.201. The molecule has 2 amide bonds. The van der Waals surface area contributed by atoms with Gasteiger partial charge < -0.3 is 15.1 Å². The summed E-state index contributed by atoms with van der Waals surface area (Å²) in [7, 11) is 0. The van der Waals surface area contributed by atoms with Crippen LogP contribution in [-0.2, 0) is 0 Å². The first-order valence-electron chi connectivity index (χ1n) is 11.1. The summed E-state index contributed by atoms with van der Waals surface area (Å²) in [5, 5.41) is 8.77. The highest BCUT2D eigenvalue weighted by Crippen LogP contribution is 2.29. The highest BCUT2D eigenvalue weighted by atomic mass is 16.2. The van der Waals surface area contributed by atoms with Crippen LogP contribution in [0.3, 0.4) is 0 Å². The Bertz CT molecular complexity index is 1070. The van der Waals surface area contributed by atoms with E-state index in [0.29, 0.717) is 13.1 Å². The number of hydrogen-bond acceptors (Lipinski definition) is 5. The molecule has 1 fully saturated rings. The van der Waals surface area contributed by atoms with E-state index in [1.807, 2.05) is 23.4 Å². The third kappa shape index (κ3) is 4.33. The van der Waals surface area contributed by atoms with E-state index in [4.69, 9.17) is 15.1 Å².